The lowest BCUT2D eigenvalue weighted by Crippen LogP contribution is -2.34. The molecule has 1 aliphatic rings. The predicted molar refractivity (Wildman–Crippen MR) is 74.6 cm³/mol. The monoisotopic (exact) mass is 334 g/mol. The molecule has 128 valence electrons. The summed E-state index contributed by atoms with van der Waals surface area (Å²) in [6.45, 7) is 0.269. The lowest BCUT2D eigenvalue weighted by molar-refractivity contribution is -0.142. The van der Waals surface area contributed by atoms with Gasteiger partial charge in [0.1, 0.15) is 12.2 Å². The van der Waals surface area contributed by atoms with Crippen molar-refractivity contribution in [1.29, 1.82) is 0 Å². The molecule has 0 aliphatic carbocycles. The highest BCUT2D eigenvalue weighted by Crippen LogP contribution is 2.38. The maximum atomic E-state index is 13.1. The van der Waals surface area contributed by atoms with E-state index in [1.165, 1.54) is 6.20 Å². The maximum Gasteiger partial charge on any atom is 0.421 e. The van der Waals surface area contributed by atoms with E-state index in [0.29, 0.717) is 18.7 Å². The van der Waals surface area contributed by atoms with Gasteiger partial charge in [-0.25, -0.2) is 9.78 Å². The minimum Gasteiger partial charge on any atom is -0.481 e. The zero-order valence-corrected chi connectivity index (χ0v) is 12.5. The second-order valence-electron chi connectivity index (χ2n) is 5.15. The smallest absolute Gasteiger partial charge is 0.421 e. The molecule has 0 amide bonds. The molecule has 0 saturated carbocycles. The number of halogens is 3. The molecule has 0 unspecified atom stereocenters. The van der Waals surface area contributed by atoms with E-state index in [0.717, 1.165) is 19.6 Å². The van der Waals surface area contributed by atoms with Crippen LogP contribution in [0.4, 0.5) is 18.9 Å². The molecule has 6 nitrogen and oxygen atoms in total. The van der Waals surface area contributed by atoms with Crippen molar-refractivity contribution in [1.82, 2.24) is 4.98 Å². The Morgan fingerprint density at radius 1 is 1.52 bits per heavy atom. The van der Waals surface area contributed by atoms with Gasteiger partial charge in [0.2, 0.25) is 5.88 Å². The first kappa shape index (κ1) is 17.3. The van der Waals surface area contributed by atoms with Crippen LogP contribution in [0, 0.1) is 0 Å². The third kappa shape index (κ3) is 4.25. The Bertz CT molecular complexity index is 565. The molecular weight excluding hydrogens is 317 g/mol. The number of aliphatic carboxylic acids is 1. The fraction of sp³-hybridized carbons (Fsp3) is 0.571. The Kier molecular flexibility index (Phi) is 5.30. The van der Waals surface area contributed by atoms with Crippen LogP contribution in [-0.2, 0) is 15.7 Å². The van der Waals surface area contributed by atoms with E-state index in [1.807, 2.05) is 0 Å². The molecule has 1 saturated heterocycles. The second-order valence-corrected chi connectivity index (χ2v) is 5.15. The minimum atomic E-state index is -4.57. The summed E-state index contributed by atoms with van der Waals surface area (Å²) in [5, 5.41) is 8.57. The number of nitrogens with zero attached hydrogens (tertiary/aromatic N) is 2. The van der Waals surface area contributed by atoms with Gasteiger partial charge < -0.3 is 19.5 Å². The molecule has 1 N–H and O–H groups in total. The predicted octanol–water partition coefficient (Wildman–Crippen LogP) is 2.18. The second kappa shape index (κ2) is 7.03. The van der Waals surface area contributed by atoms with Crippen molar-refractivity contribution in [2.75, 3.05) is 31.8 Å². The van der Waals surface area contributed by atoms with Gasteiger partial charge in [-0.3, -0.25) is 0 Å². The van der Waals surface area contributed by atoms with Gasteiger partial charge in [-0.05, 0) is 18.9 Å². The Balaban J connectivity index is 2.18. The first-order chi connectivity index (χ1) is 10.8. The summed E-state index contributed by atoms with van der Waals surface area (Å²) >= 11 is 0. The first-order valence-corrected chi connectivity index (χ1v) is 7.00. The molecule has 1 aromatic rings. The highest BCUT2D eigenvalue weighted by atomic mass is 19.4. The van der Waals surface area contributed by atoms with E-state index in [2.05, 4.69) is 9.72 Å². The first-order valence-electron chi connectivity index (χ1n) is 7.00. The molecule has 1 atom stereocenters. The molecule has 0 aromatic carbocycles. The van der Waals surface area contributed by atoms with Crippen molar-refractivity contribution < 1.29 is 32.5 Å². The average Bonchev–Trinajstić information content (AvgIpc) is 2.93. The number of rotatable bonds is 6. The van der Waals surface area contributed by atoms with Crippen molar-refractivity contribution in [3.8, 4) is 5.88 Å². The van der Waals surface area contributed by atoms with Gasteiger partial charge in [0.15, 0.2) is 0 Å². The third-order valence-corrected chi connectivity index (χ3v) is 3.58. The largest absolute Gasteiger partial charge is 0.481 e. The number of hydrogen-bond acceptors (Lipinski definition) is 5. The number of alkyl halides is 3. The number of pyridine rings is 1. The van der Waals surface area contributed by atoms with Crippen molar-refractivity contribution in [3.63, 3.8) is 0 Å². The van der Waals surface area contributed by atoms with E-state index in [1.54, 1.807) is 4.90 Å². The lowest BCUT2D eigenvalue weighted by atomic mass is 10.2. The topological polar surface area (TPSA) is 71.9 Å². The Morgan fingerprint density at radius 2 is 2.26 bits per heavy atom. The molecule has 0 radical (unpaired) electrons. The fourth-order valence-corrected chi connectivity index (χ4v) is 2.60. The van der Waals surface area contributed by atoms with E-state index in [-0.39, 0.29) is 12.6 Å². The van der Waals surface area contributed by atoms with E-state index >= 15 is 0 Å². The van der Waals surface area contributed by atoms with E-state index < -0.39 is 30.2 Å². The molecule has 1 aromatic heterocycles. The van der Waals surface area contributed by atoms with Gasteiger partial charge in [-0.2, -0.15) is 13.2 Å². The Labute approximate surface area is 130 Å². The zero-order valence-electron chi connectivity index (χ0n) is 12.5. The van der Waals surface area contributed by atoms with Crippen LogP contribution in [0.3, 0.4) is 0 Å². The number of hydrogen-bond donors (Lipinski definition) is 1. The fourth-order valence-electron chi connectivity index (χ4n) is 2.60. The van der Waals surface area contributed by atoms with Crippen LogP contribution in [-0.4, -0.2) is 49.0 Å². The van der Waals surface area contributed by atoms with E-state index in [9.17, 15) is 18.0 Å². The Morgan fingerprint density at radius 3 is 2.87 bits per heavy atom. The summed E-state index contributed by atoms with van der Waals surface area (Å²) < 4.78 is 48.9. The minimum absolute atomic E-state index is 0.139. The molecule has 1 aliphatic heterocycles. The van der Waals surface area contributed by atoms with Gasteiger partial charge in [-0.1, -0.05) is 0 Å². The number of carboxylic acids is 1. The third-order valence-electron chi connectivity index (χ3n) is 3.58. The van der Waals surface area contributed by atoms with Gasteiger partial charge >= 0.3 is 12.1 Å². The number of carboxylic acid groups (broad SMARTS) is 1. The molecule has 9 heteroatoms. The van der Waals surface area contributed by atoms with Crippen molar-refractivity contribution in [3.05, 3.63) is 17.8 Å². The molecule has 23 heavy (non-hydrogen) atoms. The van der Waals surface area contributed by atoms with Gasteiger partial charge in [0.25, 0.3) is 0 Å². The van der Waals surface area contributed by atoms with Crippen LogP contribution in [0.5, 0.6) is 5.88 Å². The van der Waals surface area contributed by atoms with Crippen molar-refractivity contribution >= 4 is 11.7 Å². The van der Waals surface area contributed by atoms with Crippen LogP contribution in [0.2, 0.25) is 0 Å². The molecule has 0 spiro atoms. The number of aromatic nitrogens is 1. The van der Waals surface area contributed by atoms with Crippen molar-refractivity contribution in [2.24, 2.45) is 0 Å². The SMILES string of the molecule is COc1ncc(N2CCC[C@H]2COCC(=O)O)cc1C(F)(F)F. The van der Waals surface area contributed by atoms with Crippen LogP contribution in [0.1, 0.15) is 18.4 Å². The van der Waals surface area contributed by atoms with Crippen LogP contribution < -0.4 is 9.64 Å². The van der Waals surface area contributed by atoms with Gasteiger partial charge in [0.05, 0.1) is 31.6 Å². The van der Waals surface area contributed by atoms with E-state index in [4.69, 9.17) is 9.84 Å². The van der Waals surface area contributed by atoms with Crippen LogP contribution in [0.15, 0.2) is 12.3 Å². The van der Waals surface area contributed by atoms with Crippen LogP contribution in [0.25, 0.3) is 0 Å². The normalized spacial score (nSPS) is 18.3. The summed E-state index contributed by atoms with van der Waals surface area (Å²) in [6.07, 6.45) is -1.74. The highest BCUT2D eigenvalue weighted by Gasteiger charge is 2.37. The highest BCUT2D eigenvalue weighted by molar-refractivity contribution is 5.68. The standard InChI is InChI=1S/C14H17F3N2O4/c1-22-13-11(14(15,16)17)5-10(6-18-13)19-4-2-3-9(19)7-23-8-12(20)21/h5-6,9H,2-4,7-8H2,1H3,(H,20,21)/t9-/m0/s1. The summed E-state index contributed by atoms with van der Waals surface area (Å²) in [5.41, 5.74) is -0.617. The lowest BCUT2D eigenvalue weighted by Gasteiger charge is -2.27. The number of carbonyl (C=O) groups is 1. The Hall–Kier alpha value is -2.03. The molecule has 0 bridgehead atoms. The van der Waals surface area contributed by atoms with Gasteiger partial charge in [-0.15, -0.1) is 0 Å². The number of anilines is 1. The number of ether oxygens (including phenoxy) is 2. The average molecular weight is 334 g/mol. The zero-order chi connectivity index (χ0) is 17.0. The quantitative estimate of drug-likeness (QED) is 0.860. The summed E-state index contributed by atoms with van der Waals surface area (Å²) in [7, 11) is 1.13. The van der Waals surface area contributed by atoms with Crippen LogP contribution >= 0.6 is 0 Å². The summed E-state index contributed by atoms with van der Waals surface area (Å²) in [6, 6.07) is 0.826. The maximum absolute atomic E-state index is 13.1. The summed E-state index contributed by atoms with van der Waals surface area (Å²) in [4.78, 5) is 15.9. The summed E-state index contributed by atoms with van der Waals surface area (Å²) in [5.74, 6) is -1.56. The van der Waals surface area contributed by atoms with Crippen molar-refractivity contribution in [2.45, 2.75) is 25.1 Å². The number of methoxy groups -OCH3 is 1. The molecule has 2 heterocycles. The molecular formula is C14H17F3N2O4. The molecule has 1 fully saturated rings. The van der Waals surface area contributed by atoms with Gasteiger partial charge in [0, 0.05) is 6.54 Å². The molecule has 2 rings (SSSR count).